The lowest BCUT2D eigenvalue weighted by Gasteiger charge is -2.21. The summed E-state index contributed by atoms with van der Waals surface area (Å²) in [6, 6.07) is 3.21. The third-order valence-electron chi connectivity index (χ3n) is 2.44. The van der Waals surface area contributed by atoms with Crippen molar-refractivity contribution in [2.45, 2.75) is 32.9 Å². The van der Waals surface area contributed by atoms with Crippen LogP contribution in [-0.4, -0.2) is 23.9 Å². The molecule has 0 bridgehead atoms. The highest BCUT2D eigenvalue weighted by molar-refractivity contribution is 9.10. The second-order valence-electron chi connectivity index (χ2n) is 4.64. The van der Waals surface area contributed by atoms with Crippen molar-refractivity contribution in [1.29, 1.82) is 0 Å². The fourth-order valence-corrected chi connectivity index (χ4v) is 1.98. The highest BCUT2D eigenvalue weighted by atomic mass is 79.9. The van der Waals surface area contributed by atoms with Crippen LogP contribution in [0.5, 0.6) is 0 Å². The Hall–Kier alpha value is -0.810. The molecule has 0 fully saturated rings. The molecule has 0 saturated heterocycles. The third kappa shape index (κ3) is 4.52. The van der Waals surface area contributed by atoms with Gasteiger partial charge in [-0.25, -0.2) is 0 Å². The minimum absolute atomic E-state index is 0.0498. The summed E-state index contributed by atoms with van der Waals surface area (Å²) >= 11 is 3.23. The van der Waals surface area contributed by atoms with Gasteiger partial charge in [-0.15, -0.1) is 0 Å². The van der Waals surface area contributed by atoms with Crippen LogP contribution in [-0.2, 0) is 11.3 Å². The zero-order chi connectivity index (χ0) is 13.0. The van der Waals surface area contributed by atoms with Gasteiger partial charge in [0.05, 0.1) is 12.6 Å². The molecule has 1 aromatic heterocycles. The van der Waals surface area contributed by atoms with E-state index in [-0.39, 0.29) is 5.91 Å². The molecule has 0 aliphatic rings. The minimum atomic E-state index is -0.432. The van der Waals surface area contributed by atoms with Crippen molar-refractivity contribution in [1.82, 2.24) is 4.90 Å². The van der Waals surface area contributed by atoms with Crippen LogP contribution in [0.1, 0.15) is 26.0 Å². The fourth-order valence-electron chi connectivity index (χ4n) is 1.64. The van der Waals surface area contributed by atoms with E-state index >= 15 is 0 Å². The lowest BCUT2D eigenvalue weighted by Crippen LogP contribution is -2.42. The maximum Gasteiger partial charge on any atom is 0.239 e. The van der Waals surface area contributed by atoms with Crippen LogP contribution in [0.3, 0.4) is 0 Å². The first-order chi connectivity index (χ1) is 7.90. The predicted molar refractivity (Wildman–Crippen MR) is 70.3 cm³/mol. The Morgan fingerprint density at radius 3 is 2.65 bits per heavy atom. The number of nitrogens with two attached hydrogens (primary N) is 1. The molecule has 0 unspecified atom stereocenters. The molecule has 0 aliphatic carbocycles. The Balaban J connectivity index is 2.52. The monoisotopic (exact) mass is 302 g/mol. The van der Waals surface area contributed by atoms with Gasteiger partial charge in [0, 0.05) is 7.05 Å². The lowest BCUT2D eigenvalue weighted by atomic mass is 10.0. The second kappa shape index (κ2) is 6.21. The van der Waals surface area contributed by atoms with Crippen LogP contribution in [0.2, 0.25) is 0 Å². The van der Waals surface area contributed by atoms with Crippen molar-refractivity contribution in [3.63, 3.8) is 0 Å². The van der Waals surface area contributed by atoms with E-state index in [9.17, 15) is 4.79 Å². The number of carbonyl (C=O) groups is 1. The Bertz CT molecular complexity index is 376. The maximum absolute atomic E-state index is 11.9. The number of halogens is 1. The molecule has 1 aromatic rings. The van der Waals surface area contributed by atoms with Crippen LogP contribution in [0, 0.1) is 5.92 Å². The molecule has 1 amide bonds. The summed E-state index contributed by atoms with van der Waals surface area (Å²) in [6.45, 7) is 4.55. The lowest BCUT2D eigenvalue weighted by molar-refractivity contribution is -0.132. The number of hydrogen-bond acceptors (Lipinski definition) is 3. The van der Waals surface area contributed by atoms with Crippen molar-refractivity contribution >= 4 is 21.8 Å². The molecule has 1 atom stereocenters. The van der Waals surface area contributed by atoms with E-state index in [0.29, 0.717) is 23.6 Å². The van der Waals surface area contributed by atoms with Crippen LogP contribution >= 0.6 is 15.9 Å². The summed E-state index contributed by atoms with van der Waals surface area (Å²) in [6.07, 6.45) is 0.699. The van der Waals surface area contributed by atoms with Crippen LogP contribution in [0.4, 0.5) is 0 Å². The smallest absolute Gasteiger partial charge is 0.239 e. The molecule has 0 spiro atoms. The molecule has 5 heteroatoms. The van der Waals surface area contributed by atoms with E-state index in [1.165, 1.54) is 0 Å². The predicted octanol–water partition coefficient (Wildman–Crippen LogP) is 2.37. The Morgan fingerprint density at radius 1 is 1.53 bits per heavy atom. The first-order valence-corrected chi connectivity index (χ1v) is 6.44. The van der Waals surface area contributed by atoms with Crippen molar-refractivity contribution < 1.29 is 9.21 Å². The van der Waals surface area contributed by atoms with E-state index in [2.05, 4.69) is 29.8 Å². The maximum atomic E-state index is 11.9. The molecular formula is C12H19BrN2O2. The molecule has 1 rings (SSSR count). The Kier molecular flexibility index (Phi) is 5.21. The second-order valence-corrected chi connectivity index (χ2v) is 5.42. The zero-order valence-corrected chi connectivity index (χ0v) is 12.0. The standard InChI is InChI=1S/C12H19BrN2O2/c1-8(2)6-10(14)12(16)15(3)7-9-4-5-11(13)17-9/h4-5,8,10H,6-7,14H2,1-3H3/t10-/m0/s1. The Labute approximate surface area is 110 Å². The first-order valence-electron chi connectivity index (χ1n) is 5.65. The van der Waals surface area contributed by atoms with Gasteiger partial charge in [-0.05, 0) is 40.4 Å². The Morgan fingerprint density at radius 2 is 2.18 bits per heavy atom. The zero-order valence-electron chi connectivity index (χ0n) is 10.4. The number of hydrogen-bond donors (Lipinski definition) is 1. The molecule has 0 saturated carbocycles. The van der Waals surface area contributed by atoms with E-state index in [0.717, 1.165) is 5.76 Å². The van der Waals surface area contributed by atoms with Gasteiger partial charge in [0.25, 0.3) is 0 Å². The molecule has 1 heterocycles. The largest absolute Gasteiger partial charge is 0.452 e. The van der Waals surface area contributed by atoms with Crippen molar-refractivity contribution in [3.8, 4) is 0 Å². The van der Waals surface area contributed by atoms with Crippen LogP contribution in [0.25, 0.3) is 0 Å². The van der Waals surface area contributed by atoms with Gasteiger partial charge in [-0.2, -0.15) is 0 Å². The van der Waals surface area contributed by atoms with Crippen LogP contribution < -0.4 is 5.73 Å². The number of carbonyl (C=O) groups excluding carboxylic acids is 1. The van der Waals surface area contributed by atoms with Gasteiger partial charge < -0.3 is 15.1 Å². The summed E-state index contributed by atoms with van der Waals surface area (Å²) in [7, 11) is 1.74. The molecule has 4 nitrogen and oxygen atoms in total. The van der Waals surface area contributed by atoms with Gasteiger partial charge in [-0.1, -0.05) is 13.8 Å². The SMILES string of the molecule is CC(C)C[C@H](N)C(=O)N(C)Cc1ccc(Br)o1. The summed E-state index contributed by atoms with van der Waals surface area (Å²) in [5.74, 6) is 1.11. The average Bonchev–Trinajstić information content (AvgIpc) is 2.61. The molecule has 0 aliphatic heterocycles. The summed E-state index contributed by atoms with van der Waals surface area (Å²) < 4.78 is 6.01. The number of rotatable bonds is 5. The number of furan rings is 1. The number of amides is 1. The highest BCUT2D eigenvalue weighted by Gasteiger charge is 2.19. The molecule has 0 radical (unpaired) electrons. The van der Waals surface area contributed by atoms with Gasteiger partial charge >= 0.3 is 0 Å². The molecule has 0 aromatic carbocycles. The first kappa shape index (κ1) is 14.3. The van der Waals surface area contributed by atoms with E-state index in [1.807, 2.05) is 12.1 Å². The van der Waals surface area contributed by atoms with Crippen LogP contribution in [0.15, 0.2) is 21.2 Å². The highest BCUT2D eigenvalue weighted by Crippen LogP contribution is 2.16. The molecule has 17 heavy (non-hydrogen) atoms. The summed E-state index contributed by atoms with van der Waals surface area (Å²) in [4.78, 5) is 13.5. The number of nitrogens with zero attached hydrogens (tertiary/aromatic N) is 1. The topological polar surface area (TPSA) is 59.5 Å². The molecule has 2 N–H and O–H groups in total. The average molecular weight is 303 g/mol. The minimum Gasteiger partial charge on any atom is -0.452 e. The quantitative estimate of drug-likeness (QED) is 0.908. The van der Waals surface area contributed by atoms with Gasteiger partial charge in [-0.3, -0.25) is 4.79 Å². The molecular weight excluding hydrogens is 284 g/mol. The third-order valence-corrected chi connectivity index (χ3v) is 2.87. The molecule has 96 valence electrons. The van der Waals surface area contributed by atoms with E-state index in [1.54, 1.807) is 11.9 Å². The fraction of sp³-hybridized carbons (Fsp3) is 0.583. The van der Waals surface area contributed by atoms with Crippen molar-refractivity contribution in [3.05, 3.63) is 22.6 Å². The van der Waals surface area contributed by atoms with Gasteiger partial charge in [0.15, 0.2) is 4.67 Å². The normalized spacial score (nSPS) is 12.8. The summed E-state index contributed by atoms with van der Waals surface area (Å²) in [5, 5.41) is 0. The van der Waals surface area contributed by atoms with E-state index in [4.69, 9.17) is 10.2 Å². The van der Waals surface area contributed by atoms with Crippen molar-refractivity contribution in [2.75, 3.05) is 7.05 Å². The van der Waals surface area contributed by atoms with Crippen molar-refractivity contribution in [2.24, 2.45) is 11.7 Å². The van der Waals surface area contributed by atoms with Gasteiger partial charge in [0.1, 0.15) is 5.76 Å². The van der Waals surface area contributed by atoms with E-state index < -0.39 is 6.04 Å². The number of likely N-dealkylation sites (N-methyl/N-ethyl adjacent to an activating group) is 1. The summed E-state index contributed by atoms with van der Waals surface area (Å²) in [5.41, 5.74) is 5.85. The van der Waals surface area contributed by atoms with Gasteiger partial charge in [0.2, 0.25) is 5.91 Å².